The molecule has 0 bridgehead atoms. The molecule has 0 atom stereocenters. The predicted molar refractivity (Wildman–Crippen MR) is 220 cm³/mol. The summed E-state index contributed by atoms with van der Waals surface area (Å²) in [5.41, 5.74) is 11.0. The van der Waals surface area contributed by atoms with Gasteiger partial charge in [0.15, 0.2) is 0 Å². The van der Waals surface area contributed by atoms with Crippen LogP contribution in [-0.2, 0) is 0 Å². The van der Waals surface area contributed by atoms with Crippen molar-refractivity contribution < 1.29 is 4.42 Å². The Morgan fingerprint density at radius 2 is 1.00 bits per heavy atom. The Kier molecular flexibility index (Phi) is 6.57. The van der Waals surface area contributed by atoms with E-state index in [4.69, 9.17) is 4.42 Å². The number of benzene rings is 8. The van der Waals surface area contributed by atoms with Crippen molar-refractivity contribution in [3.8, 4) is 16.8 Å². The van der Waals surface area contributed by atoms with Crippen LogP contribution in [-0.4, -0.2) is 19.1 Å². The number of hydrogen-bond donors (Lipinski definition) is 0. The first kappa shape index (κ1) is 29.4. The molecule has 0 saturated heterocycles. The summed E-state index contributed by atoms with van der Waals surface area (Å²) in [6.07, 6.45) is 0. The van der Waals surface area contributed by atoms with Crippen molar-refractivity contribution in [3.05, 3.63) is 182 Å². The average Bonchev–Trinajstić information content (AvgIpc) is 3.87. The van der Waals surface area contributed by atoms with Gasteiger partial charge in [-0.3, -0.25) is 0 Å². The van der Waals surface area contributed by atoms with Crippen molar-refractivity contribution in [1.82, 2.24) is 4.57 Å². The molecule has 0 aliphatic heterocycles. The van der Waals surface area contributed by atoms with Gasteiger partial charge in [0.2, 0.25) is 0 Å². The van der Waals surface area contributed by atoms with Crippen molar-refractivity contribution in [3.63, 3.8) is 0 Å². The molecule has 52 heavy (non-hydrogen) atoms. The van der Waals surface area contributed by atoms with Gasteiger partial charge in [0.25, 0.3) is 0 Å². The number of fused-ring (bicyclic) bond motifs is 9. The third kappa shape index (κ3) is 4.59. The first-order valence-electron chi connectivity index (χ1n) is 17.6. The molecular weight excluding hydrogens is 700 g/mol. The fourth-order valence-corrected chi connectivity index (χ4v) is 10.4. The van der Waals surface area contributed by atoms with E-state index >= 15 is 0 Å². The first-order valence-corrected chi connectivity index (χ1v) is 19.3. The Labute approximate surface area is 305 Å². The minimum Gasteiger partial charge on any atom is -0.0602 e. The SMILES string of the molecule is c1ccc(-n2c3ccccc3c3ccc(N(c4ccc(-c5ccc6c(c5)[se]c5ccccc56)cc4)c4ccc5oc6ccccc6c5c4)cc32)cc1. The van der Waals surface area contributed by atoms with E-state index in [1.807, 2.05) is 12.1 Å². The second-order valence-corrected chi connectivity index (χ2v) is 15.6. The van der Waals surface area contributed by atoms with Gasteiger partial charge < -0.3 is 4.42 Å². The topological polar surface area (TPSA) is 21.3 Å². The molecule has 3 aromatic heterocycles. The third-order valence-electron chi connectivity index (χ3n) is 10.4. The van der Waals surface area contributed by atoms with Gasteiger partial charge in [0.05, 0.1) is 5.52 Å². The van der Waals surface area contributed by atoms with Crippen LogP contribution in [0.3, 0.4) is 0 Å². The summed E-state index contributed by atoms with van der Waals surface area (Å²) < 4.78 is 11.6. The zero-order valence-electron chi connectivity index (χ0n) is 28.0. The molecule has 0 N–H and O–H groups in total. The van der Waals surface area contributed by atoms with E-state index in [9.17, 15) is 0 Å². The summed E-state index contributed by atoms with van der Waals surface area (Å²) in [5.74, 6) is 0. The number of para-hydroxylation sites is 3. The van der Waals surface area contributed by atoms with Crippen LogP contribution in [0, 0.1) is 0 Å². The van der Waals surface area contributed by atoms with E-state index in [2.05, 4.69) is 179 Å². The molecule has 0 radical (unpaired) electrons. The Morgan fingerprint density at radius 1 is 0.385 bits per heavy atom. The van der Waals surface area contributed by atoms with Crippen molar-refractivity contribution in [2.45, 2.75) is 0 Å². The monoisotopic (exact) mass is 730 g/mol. The molecule has 244 valence electrons. The normalized spacial score (nSPS) is 11.8. The van der Waals surface area contributed by atoms with Crippen molar-refractivity contribution >= 4 is 94.6 Å². The van der Waals surface area contributed by atoms with Crippen LogP contribution in [0.4, 0.5) is 17.1 Å². The summed E-state index contributed by atoms with van der Waals surface area (Å²) in [5, 5.41) is 7.47. The van der Waals surface area contributed by atoms with Crippen molar-refractivity contribution in [2.75, 3.05) is 4.90 Å². The molecule has 0 unspecified atom stereocenters. The molecule has 11 rings (SSSR count). The molecule has 0 spiro atoms. The Hall–Kier alpha value is -6.32. The van der Waals surface area contributed by atoms with Gasteiger partial charge in [-0.15, -0.1) is 0 Å². The largest absolute Gasteiger partial charge is 0.0602 e. The van der Waals surface area contributed by atoms with Crippen LogP contribution in [0.1, 0.15) is 0 Å². The molecule has 0 fully saturated rings. The second kappa shape index (κ2) is 11.6. The molecule has 0 amide bonds. The smallest absolute Gasteiger partial charge is 0.0380 e. The zero-order valence-corrected chi connectivity index (χ0v) is 29.7. The maximum atomic E-state index is 6.25. The van der Waals surface area contributed by atoms with Crippen LogP contribution in [0.5, 0.6) is 0 Å². The number of aromatic nitrogens is 1. The van der Waals surface area contributed by atoms with Gasteiger partial charge in [0, 0.05) is 11.1 Å². The summed E-state index contributed by atoms with van der Waals surface area (Å²) >= 11 is 0.329. The molecule has 0 saturated carbocycles. The van der Waals surface area contributed by atoms with Crippen LogP contribution >= 0.6 is 0 Å². The molecule has 0 aliphatic rings. The molecule has 3 nitrogen and oxygen atoms in total. The zero-order chi connectivity index (χ0) is 34.2. The Balaban J connectivity index is 1.09. The van der Waals surface area contributed by atoms with Gasteiger partial charge in [-0.05, 0) is 24.3 Å². The van der Waals surface area contributed by atoms with Crippen molar-refractivity contribution in [1.29, 1.82) is 0 Å². The summed E-state index contributed by atoms with van der Waals surface area (Å²) in [4.78, 5) is 2.37. The summed E-state index contributed by atoms with van der Waals surface area (Å²) in [6, 6.07) is 66.0. The van der Waals surface area contributed by atoms with Gasteiger partial charge in [0.1, 0.15) is 5.58 Å². The maximum Gasteiger partial charge on any atom is -0.0380 e. The molecule has 3 heterocycles. The van der Waals surface area contributed by atoms with Gasteiger partial charge in [-0.1, -0.05) is 54.6 Å². The number of hydrogen-bond acceptors (Lipinski definition) is 2. The number of anilines is 3. The molecule has 11 aromatic rings. The first-order chi connectivity index (χ1) is 25.8. The Morgan fingerprint density at radius 3 is 1.88 bits per heavy atom. The van der Waals surface area contributed by atoms with E-state index in [0.29, 0.717) is 14.5 Å². The predicted octanol–water partition coefficient (Wildman–Crippen LogP) is 13.2. The van der Waals surface area contributed by atoms with Crippen LogP contribution < -0.4 is 4.90 Å². The van der Waals surface area contributed by atoms with E-state index in [1.54, 1.807) is 0 Å². The van der Waals surface area contributed by atoms with Crippen LogP contribution in [0.25, 0.3) is 79.9 Å². The number of nitrogens with zero attached hydrogens (tertiary/aromatic N) is 2. The van der Waals surface area contributed by atoms with E-state index < -0.39 is 0 Å². The third-order valence-corrected chi connectivity index (χ3v) is 12.8. The Bertz CT molecular complexity index is 3130. The maximum absolute atomic E-state index is 6.25. The van der Waals surface area contributed by atoms with Crippen LogP contribution in [0.15, 0.2) is 186 Å². The van der Waals surface area contributed by atoms with Crippen LogP contribution in [0.2, 0.25) is 0 Å². The molecule has 4 heteroatoms. The standard InChI is InChI=1S/C48H30N2OSe/c1-2-10-33(11-3-1)50-43-15-7-4-12-37(43)38-26-23-36(30-44(38)50)49(35-24-27-46-42(29-35)39-13-5-8-16-45(39)51-46)34-21-18-31(19-22-34)32-20-25-41-40-14-6-9-17-47(40)52-48(41)28-32/h1-30H. The number of rotatable bonds is 5. The molecule has 0 aliphatic carbocycles. The number of furan rings is 1. The second-order valence-electron chi connectivity index (χ2n) is 13.4. The fraction of sp³-hybridized carbons (Fsp3) is 0. The van der Waals surface area contributed by atoms with E-state index in [-0.39, 0.29) is 0 Å². The van der Waals surface area contributed by atoms with Gasteiger partial charge in [-0.2, -0.15) is 0 Å². The van der Waals surface area contributed by atoms with Gasteiger partial charge in [-0.25, -0.2) is 0 Å². The van der Waals surface area contributed by atoms with Crippen molar-refractivity contribution in [2.24, 2.45) is 0 Å². The van der Waals surface area contributed by atoms with E-state index in [1.165, 1.54) is 52.2 Å². The molecule has 8 aromatic carbocycles. The van der Waals surface area contributed by atoms with E-state index in [0.717, 1.165) is 44.7 Å². The summed E-state index contributed by atoms with van der Waals surface area (Å²) in [7, 11) is 0. The minimum absolute atomic E-state index is 0.329. The fourth-order valence-electron chi connectivity index (χ4n) is 7.96. The quantitative estimate of drug-likeness (QED) is 0.165. The minimum atomic E-state index is 0.329. The molecular formula is C48H30N2OSe. The summed E-state index contributed by atoms with van der Waals surface area (Å²) in [6.45, 7) is 0. The van der Waals surface area contributed by atoms with Gasteiger partial charge >= 0.3 is 202 Å². The average molecular weight is 730 g/mol.